The average Bonchev–Trinajstić information content (AvgIpc) is 2.76. The Morgan fingerprint density at radius 3 is 1.83 bits per heavy atom. The van der Waals surface area contributed by atoms with Crippen molar-refractivity contribution in [2.24, 2.45) is 17.4 Å². The number of phenols is 1. The Hall–Kier alpha value is -4.20. The highest BCUT2D eigenvalue weighted by Crippen LogP contribution is 2.12. The van der Waals surface area contributed by atoms with E-state index in [2.05, 4.69) is 16.0 Å². The lowest BCUT2D eigenvalue weighted by molar-refractivity contribution is -0.144. The Labute approximate surface area is 206 Å². The molecule has 4 atom stereocenters. The molecule has 36 heavy (non-hydrogen) atoms. The molecule has 0 radical (unpaired) electrons. The van der Waals surface area contributed by atoms with Crippen molar-refractivity contribution in [2.75, 3.05) is 0 Å². The lowest BCUT2D eigenvalue weighted by Gasteiger charge is -2.25. The number of nitrogens with two attached hydrogens (primary N) is 2. The fourth-order valence-electron chi connectivity index (χ4n) is 3.09. The lowest BCUT2D eigenvalue weighted by Crippen LogP contribution is -2.58. The van der Waals surface area contributed by atoms with Gasteiger partial charge in [-0.2, -0.15) is 0 Å². The molecule has 0 spiro atoms. The number of aromatic hydroxyl groups is 1. The fraction of sp³-hybridized carbons (Fsp3) is 0.455. The Morgan fingerprint density at radius 1 is 0.833 bits per heavy atom. The summed E-state index contributed by atoms with van der Waals surface area (Å²) in [7, 11) is 0. The van der Waals surface area contributed by atoms with Gasteiger partial charge in [-0.05, 0) is 23.6 Å². The number of phenolic OH excluding ortho intramolecular Hbond substituents is 1. The maximum Gasteiger partial charge on any atom is 0.326 e. The number of nitrogens with one attached hydrogen (secondary N) is 3. The minimum absolute atomic E-state index is 0.0522. The molecule has 14 heteroatoms. The summed E-state index contributed by atoms with van der Waals surface area (Å²) in [6.07, 6.45) is -1.54. The van der Waals surface area contributed by atoms with E-state index in [0.717, 1.165) is 0 Å². The number of hydrogen-bond acceptors (Lipinski definition) is 8. The maximum atomic E-state index is 13.0. The zero-order valence-corrected chi connectivity index (χ0v) is 19.8. The summed E-state index contributed by atoms with van der Waals surface area (Å²) in [5.74, 6) is -7.17. The highest BCUT2D eigenvalue weighted by Gasteiger charge is 2.32. The van der Waals surface area contributed by atoms with Gasteiger partial charge in [-0.15, -0.1) is 0 Å². The van der Waals surface area contributed by atoms with Crippen molar-refractivity contribution in [1.29, 1.82) is 0 Å². The van der Waals surface area contributed by atoms with Crippen molar-refractivity contribution in [3.05, 3.63) is 29.8 Å². The monoisotopic (exact) mass is 509 g/mol. The molecule has 4 amide bonds. The van der Waals surface area contributed by atoms with Crippen LogP contribution in [0.25, 0.3) is 0 Å². The number of benzene rings is 1. The summed E-state index contributed by atoms with van der Waals surface area (Å²) in [5.41, 5.74) is 11.1. The number of primary amides is 1. The third-order valence-electron chi connectivity index (χ3n) is 5.01. The summed E-state index contributed by atoms with van der Waals surface area (Å²) in [6, 6.07) is -0.172. The van der Waals surface area contributed by atoms with Crippen molar-refractivity contribution in [1.82, 2.24) is 16.0 Å². The van der Waals surface area contributed by atoms with Crippen LogP contribution in [0.4, 0.5) is 0 Å². The van der Waals surface area contributed by atoms with E-state index in [1.54, 1.807) is 0 Å². The Bertz CT molecular complexity index is 981. The minimum Gasteiger partial charge on any atom is -0.508 e. The molecule has 0 aliphatic heterocycles. The average molecular weight is 510 g/mol. The third-order valence-corrected chi connectivity index (χ3v) is 5.01. The third kappa shape index (κ3) is 9.97. The van der Waals surface area contributed by atoms with Crippen LogP contribution in [0.5, 0.6) is 5.75 Å². The number of carbonyl (C=O) groups is 6. The van der Waals surface area contributed by atoms with Crippen LogP contribution in [0.15, 0.2) is 24.3 Å². The smallest absolute Gasteiger partial charge is 0.326 e. The Morgan fingerprint density at radius 2 is 1.36 bits per heavy atom. The zero-order valence-electron chi connectivity index (χ0n) is 19.8. The van der Waals surface area contributed by atoms with Gasteiger partial charge in [-0.3, -0.25) is 24.0 Å². The number of carbonyl (C=O) groups excluding carboxylic acids is 4. The van der Waals surface area contributed by atoms with Crippen LogP contribution in [-0.2, 0) is 35.2 Å². The number of aliphatic carboxylic acids is 2. The van der Waals surface area contributed by atoms with Crippen molar-refractivity contribution in [2.45, 2.75) is 57.3 Å². The molecule has 0 saturated carbocycles. The highest BCUT2D eigenvalue weighted by atomic mass is 16.4. The second-order valence-electron chi connectivity index (χ2n) is 8.44. The van der Waals surface area contributed by atoms with Crippen LogP contribution < -0.4 is 27.4 Å². The normalized spacial score (nSPS) is 14.1. The number of hydrogen-bond donors (Lipinski definition) is 8. The first-order valence-corrected chi connectivity index (χ1v) is 10.9. The van der Waals surface area contributed by atoms with Gasteiger partial charge in [0.05, 0.1) is 18.9 Å². The van der Waals surface area contributed by atoms with Crippen LogP contribution >= 0.6 is 0 Å². The molecule has 0 aromatic heterocycles. The SMILES string of the molecule is CC(C)C(NC(=O)C(CC(=O)O)NC(=O)C(Cc1ccc(O)cc1)NC(=O)C(N)CC(N)=O)C(=O)O. The van der Waals surface area contributed by atoms with Gasteiger partial charge in [0, 0.05) is 6.42 Å². The number of rotatable bonds is 14. The van der Waals surface area contributed by atoms with Gasteiger partial charge >= 0.3 is 11.9 Å². The molecule has 198 valence electrons. The number of carboxylic acid groups (broad SMARTS) is 2. The number of carboxylic acids is 2. The molecular formula is C22H31N5O9. The molecule has 4 unspecified atom stereocenters. The van der Waals surface area contributed by atoms with Crippen LogP contribution in [-0.4, -0.2) is 75.1 Å². The highest BCUT2D eigenvalue weighted by molar-refractivity contribution is 5.96. The van der Waals surface area contributed by atoms with Crippen LogP contribution in [0, 0.1) is 5.92 Å². The molecule has 14 nitrogen and oxygen atoms in total. The molecule has 0 heterocycles. The lowest BCUT2D eigenvalue weighted by atomic mass is 10.0. The molecule has 0 bridgehead atoms. The van der Waals surface area contributed by atoms with Crippen molar-refractivity contribution < 1.29 is 44.1 Å². The van der Waals surface area contributed by atoms with Crippen LogP contribution in [0.1, 0.15) is 32.3 Å². The van der Waals surface area contributed by atoms with E-state index in [1.807, 2.05) is 0 Å². The standard InChI is InChI=1S/C22H31N5O9/c1-10(2)18(22(35)36)27-21(34)15(9-17(30)31)26-20(33)14(7-11-3-5-12(28)6-4-11)25-19(32)13(23)8-16(24)29/h3-6,10,13-15,18,28H,7-9,23H2,1-2H3,(H2,24,29)(H,25,32)(H,26,33)(H,27,34)(H,30,31)(H,35,36). The molecule has 1 aromatic rings. The van der Waals surface area contributed by atoms with E-state index >= 15 is 0 Å². The first-order valence-electron chi connectivity index (χ1n) is 10.9. The molecule has 1 rings (SSSR count). The predicted molar refractivity (Wildman–Crippen MR) is 124 cm³/mol. The van der Waals surface area contributed by atoms with Gasteiger partial charge in [0.25, 0.3) is 0 Å². The molecule has 0 saturated heterocycles. The summed E-state index contributed by atoms with van der Waals surface area (Å²) < 4.78 is 0. The summed E-state index contributed by atoms with van der Waals surface area (Å²) in [6.45, 7) is 3.06. The molecule has 0 aliphatic carbocycles. The second-order valence-corrected chi connectivity index (χ2v) is 8.44. The molecule has 0 fully saturated rings. The Kier molecular flexibility index (Phi) is 11.3. The topological polar surface area (TPSA) is 251 Å². The van der Waals surface area contributed by atoms with Crippen LogP contribution in [0.3, 0.4) is 0 Å². The van der Waals surface area contributed by atoms with E-state index in [4.69, 9.17) is 11.5 Å². The van der Waals surface area contributed by atoms with Gasteiger partial charge < -0.3 is 42.7 Å². The predicted octanol–water partition coefficient (Wildman–Crippen LogP) is -2.19. The minimum atomic E-state index is -1.67. The molecule has 10 N–H and O–H groups in total. The van der Waals surface area contributed by atoms with Crippen molar-refractivity contribution in [3.8, 4) is 5.75 Å². The van der Waals surface area contributed by atoms with Crippen molar-refractivity contribution >= 4 is 35.6 Å². The molecular weight excluding hydrogens is 478 g/mol. The van der Waals surface area contributed by atoms with Crippen molar-refractivity contribution in [3.63, 3.8) is 0 Å². The van der Waals surface area contributed by atoms with E-state index in [-0.39, 0.29) is 12.2 Å². The quantitative estimate of drug-likeness (QED) is 0.134. The maximum absolute atomic E-state index is 13.0. The van der Waals surface area contributed by atoms with E-state index in [9.17, 15) is 44.1 Å². The molecule has 0 aliphatic rings. The largest absolute Gasteiger partial charge is 0.508 e. The van der Waals surface area contributed by atoms with E-state index in [0.29, 0.717) is 5.56 Å². The zero-order chi connectivity index (χ0) is 27.6. The van der Waals surface area contributed by atoms with Gasteiger partial charge in [0.15, 0.2) is 0 Å². The fourth-order valence-corrected chi connectivity index (χ4v) is 3.09. The van der Waals surface area contributed by atoms with Gasteiger partial charge in [0.1, 0.15) is 23.9 Å². The Balaban J connectivity index is 3.16. The summed E-state index contributed by atoms with van der Waals surface area (Å²) in [5, 5.41) is 34.7. The van der Waals surface area contributed by atoms with Gasteiger partial charge in [-0.1, -0.05) is 26.0 Å². The second kappa shape index (κ2) is 13.6. The summed E-state index contributed by atoms with van der Waals surface area (Å²) in [4.78, 5) is 71.9. The molecule has 1 aromatic carbocycles. The van der Waals surface area contributed by atoms with E-state index in [1.165, 1.54) is 38.1 Å². The number of amides is 4. The van der Waals surface area contributed by atoms with E-state index < -0.39 is 78.5 Å². The van der Waals surface area contributed by atoms with Gasteiger partial charge in [0.2, 0.25) is 23.6 Å². The van der Waals surface area contributed by atoms with Crippen LogP contribution in [0.2, 0.25) is 0 Å². The first kappa shape index (κ1) is 29.8. The first-order chi connectivity index (χ1) is 16.7. The van der Waals surface area contributed by atoms with Gasteiger partial charge in [-0.25, -0.2) is 4.79 Å². The summed E-state index contributed by atoms with van der Waals surface area (Å²) >= 11 is 0.